The number of rotatable bonds is 4. The molecule has 2 aromatic rings. The molecule has 0 saturated carbocycles. The van der Waals surface area contributed by atoms with Crippen LogP contribution in [0, 0.1) is 0 Å². The van der Waals surface area contributed by atoms with Crippen molar-refractivity contribution in [2.24, 2.45) is 0 Å². The van der Waals surface area contributed by atoms with Crippen molar-refractivity contribution in [3.05, 3.63) is 45.7 Å². The maximum Gasteiger partial charge on any atom is 0.265 e. The molecule has 0 spiro atoms. The lowest BCUT2D eigenvalue weighted by Gasteiger charge is -2.30. The quantitative estimate of drug-likeness (QED) is 0.761. The molecule has 0 radical (unpaired) electrons. The molecule has 1 N–H and O–H groups in total. The van der Waals surface area contributed by atoms with Crippen LogP contribution in [-0.4, -0.2) is 39.7 Å². The zero-order valence-electron chi connectivity index (χ0n) is 12.9. The highest BCUT2D eigenvalue weighted by molar-refractivity contribution is 7.92. The fraction of sp³-hybridized carbons (Fsp3) is 0.267. The van der Waals surface area contributed by atoms with Crippen LogP contribution in [0.3, 0.4) is 0 Å². The van der Waals surface area contributed by atoms with Gasteiger partial charge in [-0.3, -0.25) is 4.72 Å². The molecule has 1 aromatic heterocycles. The largest absolute Gasteiger partial charge is 0.378 e. The first kappa shape index (κ1) is 18.5. The van der Waals surface area contributed by atoms with Gasteiger partial charge in [-0.25, -0.2) is 13.4 Å². The molecule has 0 atom stereocenters. The summed E-state index contributed by atoms with van der Waals surface area (Å²) in [6.07, 6.45) is 0. The fourth-order valence-electron chi connectivity index (χ4n) is 2.47. The topological polar surface area (TPSA) is 71.5 Å². The standard InChI is InChI=1S/C15H14Cl3N3O3S/c16-10-1-2-12(21-5-7-24-8-6-21)11(9-10)20-25(22,23)13-3-4-14(17)19-15(13)18/h1-4,9,20H,5-8H2. The second-order valence-electron chi connectivity index (χ2n) is 5.29. The van der Waals surface area contributed by atoms with Gasteiger partial charge in [0.1, 0.15) is 10.0 Å². The van der Waals surface area contributed by atoms with Gasteiger partial charge in [-0.05, 0) is 30.3 Å². The zero-order valence-corrected chi connectivity index (χ0v) is 16.0. The molecule has 1 aromatic carbocycles. The van der Waals surface area contributed by atoms with Crippen molar-refractivity contribution in [1.82, 2.24) is 4.98 Å². The predicted octanol–water partition coefficient (Wildman–Crippen LogP) is 3.68. The number of halogens is 3. The normalized spacial score (nSPS) is 15.2. The predicted molar refractivity (Wildman–Crippen MR) is 99.5 cm³/mol. The molecular weight excluding hydrogens is 409 g/mol. The zero-order chi connectivity index (χ0) is 18.0. The van der Waals surface area contributed by atoms with E-state index in [9.17, 15) is 8.42 Å². The van der Waals surface area contributed by atoms with Crippen molar-refractivity contribution in [2.45, 2.75) is 4.90 Å². The van der Waals surface area contributed by atoms with E-state index in [2.05, 4.69) is 9.71 Å². The van der Waals surface area contributed by atoms with E-state index in [0.29, 0.717) is 42.7 Å². The van der Waals surface area contributed by atoms with Gasteiger partial charge in [0, 0.05) is 18.1 Å². The lowest BCUT2D eigenvalue weighted by Crippen LogP contribution is -2.36. The van der Waals surface area contributed by atoms with E-state index in [1.807, 2.05) is 4.90 Å². The Labute approximate surface area is 160 Å². The van der Waals surface area contributed by atoms with Crippen molar-refractivity contribution >= 4 is 56.2 Å². The highest BCUT2D eigenvalue weighted by Gasteiger charge is 2.23. The Bertz CT molecular complexity index is 887. The second-order valence-corrected chi connectivity index (χ2v) is 8.12. The van der Waals surface area contributed by atoms with Crippen LogP contribution >= 0.6 is 34.8 Å². The molecule has 1 saturated heterocycles. The number of sulfonamides is 1. The van der Waals surface area contributed by atoms with Gasteiger partial charge in [0.05, 0.1) is 24.6 Å². The van der Waals surface area contributed by atoms with E-state index in [-0.39, 0.29) is 15.2 Å². The SMILES string of the molecule is O=S(=O)(Nc1cc(Cl)ccc1N1CCOCC1)c1ccc(Cl)nc1Cl. The average Bonchev–Trinajstić information content (AvgIpc) is 2.55. The highest BCUT2D eigenvalue weighted by atomic mass is 35.5. The van der Waals surface area contributed by atoms with Gasteiger partial charge in [0.15, 0.2) is 5.15 Å². The van der Waals surface area contributed by atoms with E-state index in [4.69, 9.17) is 39.5 Å². The summed E-state index contributed by atoms with van der Waals surface area (Å²) in [4.78, 5) is 5.64. The molecule has 2 heterocycles. The maximum absolute atomic E-state index is 12.7. The van der Waals surface area contributed by atoms with Crippen molar-refractivity contribution in [2.75, 3.05) is 35.9 Å². The molecule has 6 nitrogen and oxygen atoms in total. The van der Waals surface area contributed by atoms with Crippen molar-refractivity contribution < 1.29 is 13.2 Å². The summed E-state index contributed by atoms with van der Waals surface area (Å²) < 4.78 is 33.3. The average molecular weight is 423 g/mol. The molecule has 0 bridgehead atoms. The first-order valence-corrected chi connectivity index (χ1v) is 9.95. The lowest BCUT2D eigenvalue weighted by molar-refractivity contribution is 0.123. The van der Waals surface area contributed by atoms with Gasteiger partial charge in [-0.1, -0.05) is 34.8 Å². The Kier molecular flexibility index (Phi) is 5.60. The number of anilines is 2. The lowest BCUT2D eigenvalue weighted by atomic mass is 10.2. The van der Waals surface area contributed by atoms with Gasteiger partial charge in [-0.2, -0.15) is 0 Å². The fourth-order valence-corrected chi connectivity index (χ4v) is 4.37. The highest BCUT2D eigenvalue weighted by Crippen LogP contribution is 2.32. The van der Waals surface area contributed by atoms with Crippen LogP contribution in [0.4, 0.5) is 11.4 Å². The number of ether oxygens (including phenoxy) is 1. The van der Waals surface area contributed by atoms with Gasteiger partial charge in [-0.15, -0.1) is 0 Å². The summed E-state index contributed by atoms with van der Waals surface area (Å²) in [5.41, 5.74) is 1.08. The number of benzene rings is 1. The second kappa shape index (κ2) is 7.55. The maximum atomic E-state index is 12.7. The smallest absolute Gasteiger partial charge is 0.265 e. The first-order chi connectivity index (χ1) is 11.9. The van der Waals surface area contributed by atoms with E-state index >= 15 is 0 Å². The minimum atomic E-state index is -3.96. The molecule has 10 heteroatoms. The molecule has 0 unspecified atom stereocenters. The van der Waals surface area contributed by atoms with Crippen LogP contribution in [0.1, 0.15) is 0 Å². The van der Waals surface area contributed by atoms with Crippen LogP contribution in [-0.2, 0) is 14.8 Å². The molecule has 3 rings (SSSR count). The Morgan fingerprint density at radius 3 is 2.48 bits per heavy atom. The van der Waals surface area contributed by atoms with Crippen molar-refractivity contribution in [1.29, 1.82) is 0 Å². The first-order valence-electron chi connectivity index (χ1n) is 7.34. The molecular formula is C15H14Cl3N3O3S. The number of hydrogen-bond donors (Lipinski definition) is 1. The summed E-state index contributed by atoms with van der Waals surface area (Å²) >= 11 is 17.7. The number of hydrogen-bond acceptors (Lipinski definition) is 5. The van der Waals surface area contributed by atoms with Gasteiger partial charge >= 0.3 is 0 Å². The minimum Gasteiger partial charge on any atom is -0.378 e. The van der Waals surface area contributed by atoms with Crippen LogP contribution in [0.5, 0.6) is 0 Å². The molecule has 25 heavy (non-hydrogen) atoms. The number of morpholine rings is 1. The van der Waals surface area contributed by atoms with Gasteiger partial charge < -0.3 is 9.64 Å². The molecule has 0 aliphatic carbocycles. The summed E-state index contributed by atoms with van der Waals surface area (Å²) in [7, 11) is -3.96. The molecule has 1 aliphatic rings. The Morgan fingerprint density at radius 2 is 1.80 bits per heavy atom. The summed E-state index contributed by atoms with van der Waals surface area (Å²) in [6, 6.07) is 7.71. The third kappa shape index (κ3) is 4.30. The summed E-state index contributed by atoms with van der Waals surface area (Å²) in [5, 5.41) is 0.325. The van der Waals surface area contributed by atoms with Crippen LogP contribution < -0.4 is 9.62 Å². The Balaban J connectivity index is 1.97. The van der Waals surface area contributed by atoms with E-state index in [1.165, 1.54) is 12.1 Å². The molecule has 0 amide bonds. The summed E-state index contributed by atoms with van der Waals surface area (Å²) in [6.45, 7) is 2.45. The van der Waals surface area contributed by atoms with E-state index in [1.54, 1.807) is 18.2 Å². The number of pyridine rings is 1. The third-order valence-electron chi connectivity index (χ3n) is 3.62. The number of nitrogens with zero attached hydrogens (tertiary/aromatic N) is 2. The molecule has 134 valence electrons. The monoisotopic (exact) mass is 421 g/mol. The van der Waals surface area contributed by atoms with Crippen LogP contribution in [0.2, 0.25) is 15.3 Å². The van der Waals surface area contributed by atoms with Crippen molar-refractivity contribution in [3.8, 4) is 0 Å². The van der Waals surface area contributed by atoms with Crippen LogP contribution in [0.15, 0.2) is 35.2 Å². The van der Waals surface area contributed by atoms with E-state index in [0.717, 1.165) is 0 Å². The minimum absolute atomic E-state index is 0.112. The Morgan fingerprint density at radius 1 is 1.08 bits per heavy atom. The number of aromatic nitrogens is 1. The number of nitrogens with one attached hydrogen (secondary N) is 1. The molecule has 1 aliphatic heterocycles. The van der Waals surface area contributed by atoms with E-state index < -0.39 is 10.0 Å². The van der Waals surface area contributed by atoms with Crippen molar-refractivity contribution in [3.63, 3.8) is 0 Å². The summed E-state index contributed by atoms with van der Waals surface area (Å²) in [5.74, 6) is 0. The molecule has 1 fully saturated rings. The van der Waals surface area contributed by atoms with Gasteiger partial charge in [0.2, 0.25) is 0 Å². The van der Waals surface area contributed by atoms with Gasteiger partial charge in [0.25, 0.3) is 10.0 Å². The van der Waals surface area contributed by atoms with Crippen LogP contribution in [0.25, 0.3) is 0 Å². The Hall–Kier alpha value is -1.25. The third-order valence-corrected chi connectivity index (χ3v) is 5.87.